The highest BCUT2D eigenvalue weighted by Gasteiger charge is 2.22. The summed E-state index contributed by atoms with van der Waals surface area (Å²) in [5.74, 6) is -0.499. The van der Waals surface area contributed by atoms with Crippen molar-refractivity contribution in [1.29, 1.82) is 0 Å². The van der Waals surface area contributed by atoms with E-state index in [0.717, 1.165) is 11.8 Å². The Balaban J connectivity index is 3.79. The van der Waals surface area contributed by atoms with Crippen LogP contribution in [0.5, 0.6) is 0 Å². The Bertz CT molecular complexity index is 348. The number of ether oxygens (including phenoxy) is 1. The predicted octanol–water partition coefficient (Wildman–Crippen LogP) is 0.128. The molecule has 1 atom stereocenters. The lowest BCUT2D eigenvalue weighted by molar-refractivity contribution is -0.120. The van der Waals surface area contributed by atoms with Gasteiger partial charge in [-0.1, -0.05) is 12.2 Å². The lowest BCUT2D eigenvalue weighted by atomic mass is 10.4. The van der Waals surface area contributed by atoms with Gasteiger partial charge in [0.2, 0.25) is 5.91 Å². The van der Waals surface area contributed by atoms with Gasteiger partial charge >= 0.3 is 0 Å². The summed E-state index contributed by atoms with van der Waals surface area (Å²) in [7, 11) is -3.33. The summed E-state index contributed by atoms with van der Waals surface area (Å²) < 4.78 is 27.2. The van der Waals surface area contributed by atoms with Crippen LogP contribution < -0.4 is 5.32 Å². The molecular weight excluding hydrogens is 230 g/mol. The highest BCUT2D eigenvalue weighted by molar-refractivity contribution is 7.92. The van der Waals surface area contributed by atoms with Crippen molar-refractivity contribution in [2.75, 3.05) is 26.0 Å². The van der Waals surface area contributed by atoms with Crippen molar-refractivity contribution in [3.63, 3.8) is 0 Å². The summed E-state index contributed by atoms with van der Waals surface area (Å²) >= 11 is 0. The maximum atomic E-state index is 11.3. The van der Waals surface area contributed by atoms with Crippen LogP contribution in [0.3, 0.4) is 0 Å². The molecule has 0 aliphatic rings. The molecule has 0 radical (unpaired) electrons. The van der Waals surface area contributed by atoms with Gasteiger partial charge in [0.25, 0.3) is 0 Å². The molecule has 0 bridgehead atoms. The van der Waals surface area contributed by atoms with Crippen molar-refractivity contribution in [3.8, 4) is 0 Å². The third kappa shape index (κ3) is 6.58. The second-order valence-corrected chi connectivity index (χ2v) is 6.14. The molecule has 0 aliphatic carbocycles. The number of carbonyl (C=O) groups is 1. The van der Waals surface area contributed by atoms with Gasteiger partial charge in [0, 0.05) is 12.8 Å². The van der Waals surface area contributed by atoms with Gasteiger partial charge in [0.15, 0.2) is 9.84 Å². The number of carbonyl (C=O) groups excluding carboxylic acids is 1. The fraction of sp³-hybridized carbons (Fsp3) is 0.700. The Labute approximate surface area is 96.8 Å². The first-order chi connectivity index (χ1) is 7.25. The zero-order valence-corrected chi connectivity index (χ0v) is 10.8. The molecule has 0 saturated carbocycles. The molecule has 0 aliphatic heterocycles. The second-order valence-electron chi connectivity index (χ2n) is 3.77. The molecule has 0 saturated heterocycles. The largest absolute Gasteiger partial charge is 0.375 e. The lowest BCUT2D eigenvalue weighted by Crippen LogP contribution is -2.38. The molecule has 0 spiro atoms. The molecule has 0 aromatic heterocycles. The van der Waals surface area contributed by atoms with Crippen molar-refractivity contribution in [3.05, 3.63) is 12.2 Å². The summed E-state index contributed by atoms with van der Waals surface area (Å²) in [5, 5.41) is 1.47. The Kier molecular flexibility index (Phi) is 6.28. The summed E-state index contributed by atoms with van der Waals surface area (Å²) in [5.41, 5.74) is 0.899. The van der Waals surface area contributed by atoms with E-state index >= 15 is 0 Å². The fourth-order valence-electron chi connectivity index (χ4n) is 0.831. The summed E-state index contributed by atoms with van der Waals surface area (Å²) in [6.45, 7) is 7.94. The number of nitrogens with one attached hydrogen (secondary N) is 1. The Morgan fingerprint density at radius 1 is 1.50 bits per heavy atom. The minimum Gasteiger partial charge on any atom is -0.375 e. The van der Waals surface area contributed by atoms with Crippen molar-refractivity contribution in [1.82, 2.24) is 5.32 Å². The standard InChI is InChI=1S/C10H19NO4S/c1-8(2)7-15-6-5-11-10(12)9(3)16(4,13)14/h9H,1,5-7H2,2-4H3,(H,11,12). The first-order valence-corrected chi connectivity index (χ1v) is 6.89. The third-order valence-corrected chi connectivity index (χ3v) is 3.40. The minimum absolute atomic E-state index is 0.298. The normalized spacial score (nSPS) is 13.2. The highest BCUT2D eigenvalue weighted by Crippen LogP contribution is 1.97. The van der Waals surface area contributed by atoms with Gasteiger partial charge in [-0.05, 0) is 13.8 Å². The van der Waals surface area contributed by atoms with Crippen molar-refractivity contribution in [2.24, 2.45) is 0 Å². The lowest BCUT2D eigenvalue weighted by Gasteiger charge is -2.10. The van der Waals surface area contributed by atoms with Crippen LogP contribution in [0.25, 0.3) is 0 Å². The van der Waals surface area contributed by atoms with Crippen LogP contribution in [0, 0.1) is 0 Å². The number of rotatable bonds is 7. The molecule has 6 heteroatoms. The van der Waals surface area contributed by atoms with Gasteiger partial charge in [0.05, 0.1) is 13.2 Å². The Morgan fingerprint density at radius 2 is 2.06 bits per heavy atom. The third-order valence-electron chi connectivity index (χ3n) is 1.91. The van der Waals surface area contributed by atoms with Gasteiger partial charge in [-0.25, -0.2) is 8.42 Å². The molecule has 0 rings (SSSR count). The van der Waals surface area contributed by atoms with Crippen LogP contribution in [0.2, 0.25) is 0 Å². The predicted molar refractivity (Wildman–Crippen MR) is 62.9 cm³/mol. The van der Waals surface area contributed by atoms with Gasteiger partial charge in [-0.3, -0.25) is 4.79 Å². The van der Waals surface area contributed by atoms with E-state index in [1.807, 2.05) is 6.92 Å². The second kappa shape index (κ2) is 6.65. The molecule has 0 fully saturated rings. The maximum absolute atomic E-state index is 11.3. The van der Waals surface area contributed by atoms with Gasteiger partial charge < -0.3 is 10.1 Å². The molecule has 1 N–H and O–H groups in total. The quantitative estimate of drug-likeness (QED) is 0.514. The van der Waals surface area contributed by atoms with E-state index in [1.165, 1.54) is 6.92 Å². The van der Waals surface area contributed by atoms with E-state index in [-0.39, 0.29) is 0 Å². The number of hydrogen-bond acceptors (Lipinski definition) is 4. The van der Waals surface area contributed by atoms with E-state index in [4.69, 9.17) is 4.74 Å². The van der Waals surface area contributed by atoms with Crippen LogP contribution in [0.4, 0.5) is 0 Å². The summed E-state index contributed by atoms with van der Waals surface area (Å²) in [6, 6.07) is 0. The van der Waals surface area contributed by atoms with Crippen molar-refractivity contribution < 1.29 is 17.9 Å². The van der Waals surface area contributed by atoms with Crippen LogP contribution in [-0.4, -0.2) is 45.6 Å². The Hall–Kier alpha value is -0.880. The van der Waals surface area contributed by atoms with E-state index < -0.39 is 21.0 Å². The zero-order chi connectivity index (χ0) is 12.8. The van der Waals surface area contributed by atoms with Crippen LogP contribution >= 0.6 is 0 Å². The van der Waals surface area contributed by atoms with Crippen LogP contribution in [0.1, 0.15) is 13.8 Å². The topological polar surface area (TPSA) is 72.5 Å². The van der Waals surface area contributed by atoms with Gasteiger partial charge in [-0.2, -0.15) is 0 Å². The molecule has 0 aromatic rings. The summed E-state index contributed by atoms with van der Waals surface area (Å²) in [6.07, 6.45) is 1.04. The number of sulfone groups is 1. The molecule has 5 nitrogen and oxygen atoms in total. The van der Waals surface area contributed by atoms with Gasteiger partial charge in [0.1, 0.15) is 5.25 Å². The SMILES string of the molecule is C=C(C)COCCNC(=O)C(C)S(C)(=O)=O. The van der Waals surface area contributed by atoms with Gasteiger partial charge in [-0.15, -0.1) is 0 Å². The van der Waals surface area contributed by atoms with Crippen LogP contribution in [0.15, 0.2) is 12.2 Å². The highest BCUT2D eigenvalue weighted by atomic mass is 32.2. The number of amides is 1. The molecule has 0 aromatic carbocycles. The minimum atomic E-state index is -3.33. The van der Waals surface area contributed by atoms with E-state index in [1.54, 1.807) is 0 Å². The molecule has 1 amide bonds. The Morgan fingerprint density at radius 3 is 2.50 bits per heavy atom. The number of hydrogen-bond donors (Lipinski definition) is 1. The first kappa shape index (κ1) is 15.1. The smallest absolute Gasteiger partial charge is 0.238 e. The molecular formula is C10H19NO4S. The monoisotopic (exact) mass is 249 g/mol. The molecule has 16 heavy (non-hydrogen) atoms. The van der Waals surface area contributed by atoms with E-state index in [2.05, 4.69) is 11.9 Å². The van der Waals surface area contributed by atoms with E-state index in [9.17, 15) is 13.2 Å². The molecule has 1 unspecified atom stereocenters. The van der Waals surface area contributed by atoms with Crippen molar-refractivity contribution in [2.45, 2.75) is 19.1 Å². The zero-order valence-electron chi connectivity index (χ0n) is 9.95. The average molecular weight is 249 g/mol. The molecule has 94 valence electrons. The summed E-state index contributed by atoms with van der Waals surface area (Å²) in [4.78, 5) is 11.3. The van der Waals surface area contributed by atoms with Crippen molar-refractivity contribution >= 4 is 15.7 Å². The molecule has 0 heterocycles. The maximum Gasteiger partial charge on any atom is 0.238 e. The van der Waals surface area contributed by atoms with Crippen LogP contribution in [-0.2, 0) is 19.4 Å². The fourth-order valence-corrected chi connectivity index (χ4v) is 1.30. The average Bonchev–Trinajstić information content (AvgIpc) is 2.13. The first-order valence-electron chi connectivity index (χ1n) is 4.94. The van der Waals surface area contributed by atoms with E-state index in [0.29, 0.717) is 19.8 Å².